The lowest BCUT2D eigenvalue weighted by Crippen LogP contribution is -2.37. The largest absolute Gasteiger partial charge is 0.507 e. The van der Waals surface area contributed by atoms with Crippen LogP contribution in [0.2, 0.25) is 0 Å². The highest BCUT2D eigenvalue weighted by molar-refractivity contribution is 7.21. The van der Waals surface area contributed by atoms with Crippen molar-refractivity contribution in [1.82, 2.24) is 9.97 Å². The minimum absolute atomic E-state index is 0.0610. The van der Waals surface area contributed by atoms with Gasteiger partial charge in [0.05, 0.1) is 49.6 Å². The van der Waals surface area contributed by atoms with E-state index in [-0.39, 0.29) is 33.4 Å². The predicted octanol–water partition coefficient (Wildman–Crippen LogP) is 12.5. The number of carboxylic acids is 2. The van der Waals surface area contributed by atoms with Crippen molar-refractivity contribution < 1.29 is 34.1 Å². The number of carbonyl (C=O) groups is 3. The molecule has 4 heterocycles. The lowest BCUT2D eigenvalue weighted by molar-refractivity contribution is 0.0685. The van der Waals surface area contributed by atoms with Gasteiger partial charge in [-0.2, -0.15) is 5.26 Å². The molecule has 0 atom stereocenters. The van der Waals surface area contributed by atoms with Crippen LogP contribution in [0.25, 0.3) is 53.1 Å². The van der Waals surface area contributed by atoms with Gasteiger partial charge in [0.1, 0.15) is 26.9 Å². The van der Waals surface area contributed by atoms with Gasteiger partial charge in [0.15, 0.2) is 5.78 Å². The molecular weight excluding hydrogens is 947 g/mol. The highest BCUT2D eigenvalue weighted by Gasteiger charge is 2.36. The number of phenolic OH excluding ortho intramolecular Hbond substituents is 1. The van der Waals surface area contributed by atoms with Gasteiger partial charge in [-0.05, 0) is 98.8 Å². The number of nitrogens with zero attached hydrogens (tertiary/aromatic N) is 5. The Bertz CT molecular complexity index is 3560. The first-order valence-electron chi connectivity index (χ1n) is 23.4. The molecule has 1 aliphatic heterocycles. The van der Waals surface area contributed by atoms with Crippen LogP contribution in [0.15, 0.2) is 137 Å². The molecule has 0 bridgehead atoms. The van der Waals surface area contributed by atoms with Gasteiger partial charge >= 0.3 is 17.6 Å². The molecule has 72 heavy (non-hydrogen) atoms. The van der Waals surface area contributed by atoms with Gasteiger partial charge in [-0.15, -0.1) is 22.7 Å². The molecule has 0 spiro atoms. The molecule has 0 amide bonds. The second-order valence-corrected chi connectivity index (χ2v) is 19.6. The van der Waals surface area contributed by atoms with E-state index in [2.05, 4.69) is 42.8 Å². The Hall–Kier alpha value is -8.19. The normalized spacial score (nSPS) is 12.5. The number of hydrogen-bond donors (Lipinski definition) is 3. The summed E-state index contributed by atoms with van der Waals surface area (Å²) in [4.78, 5) is 63.4. The first-order chi connectivity index (χ1) is 34.7. The molecule has 0 radical (unpaired) electrons. The Balaban J connectivity index is 0.000000167. The fourth-order valence-corrected chi connectivity index (χ4v) is 11.0. The van der Waals surface area contributed by atoms with Crippen molar-refractivity contribution in [1.29, 1.82) is 5.26 Å². The fourth-order valence-electron chi connectivity index (χ4n) is 9.08. The molecule has 364 valence electrons. The molecule has 0 saturated heterocycles. The van der Waals surface area contributed by atoms with Crippen molar-refractivity contribution in [2.24, 2.45) is 0 Å². The molecular formula is C57H51N5O8S2. The number of anilines is 2. The summed E-state index contributed by atoms with van der Waals surface area (Å²) in [7, 11) is 0. The van der Waals surface area contributed by atoms with Gasteiger partial charge in [0.2, 0.25) is 0 Å². The van der Waals surface area contributed by atoms with Crippen LogP contribution >= 0.6 is 22.7 Å². The fraction of sp³-hybridized carbons (Fsp3) is 0.211. The van der Waals surface area contributed by atoms with Crippen molar-refractivity contribution in [2.75, 3.05) is 36.0 Å². The number of para-hydroxylation sites is 2. The molecule has 3 aromatic heterocycles. The number of rotatable bonds is 11. The quantitative estimate of drug-likeness (QED) is 0.0818. The summed E-state index contributed by atoms with van der Waals surface area (Å²) >= 11 is 2.99. The standard InChI is InChI=1S/C30H26N2O4S.C18H19NO4.C9H6N2S/c1-4-32-16-15-30(2,3)25-21(32)14-13-19-23(17-9-5-6-10-18(17)28(33)34)24(29(35)36-26(19)25)27-31-20-11-7-8-12-22(20)37-27;1-3-19(4-2)12-9-10-15(16(20)11-12)17(21)13-7-5-6-8-14(13)18(22)23;10-6-5-9-11-7-3-1-2-4-8(7)12-9/h5-14H,4,15-16H2,1-3H3,(H,33,34);5-11,20H,3-4H2,1-2H3,(H,22,23);1-4H,5H2. The summed E-state index contributed by atoms with van der Waals surface area (Å²) in [6.45, 7) is 13.8. The first-order valence-corrected chi connectivity index (χ1v) is 25.1. The third kappa shape index (κ3) is 10.0. The van der Waals surface area contributed by atoms with Crippen molar-refractivity contribution in [3.63, 3.8) is 0 Å². The van der Waals surface area contributed by atoms with Crippen LogP contribution in [0, 0.1) is 11.3 Å². The van der Waals surface area contributed by atoms with Gasteiger partial charge in [0, 0.05) is 65.7 Å². The van der Waals surface area contributed by atoms with E-state index in [0.29, 0.717) is 39.1 Å². The number of aromatic nitrogens is 2. The molecule has 6 aromatic carbocycles. The van der Waals surface area contributed by atoms with Crippen LogP contribution in [0.1, 0.15) is 88.2 Å². The lowest BCUT2D eigenvalue weighted by atomic mass is 9.76. The average Bonchev–Trinajstić information content (AvgIpc) is 4.00. The van der Waals surface area contributed by atoms with Crippen LogP contribution in [0.3, 0.4) is 0 Å². The van der Waals surface area contributed by atoms with Crippen LogP contribution in [-0.2, 0) is 11.8 Å². The Labute approximate surface area is 423 Å². The third-order valence-electron chi connectivity index (χ3n) is 12.7. The molecule has 0 unspecified atom stereocenters. The average molecular weight is 998 g/mol. The summed E-state index contributed by atoms with van der Waals surface area (Å²) in [5.74, 6) is -2.89. The van der Waals surface area contributed by atoms with E-state index in [1.54, 1.807) is 53.8 Å². The summed E-state index contributed by atoms with van der Waals surface area (Å²) in [6, 6.07) is 39.4. The van der Waals surface area contributed by atoms with E-state index >= 15 is 0 Å². The number of ketones is 1. The summed E-state index contributed by atoms with van der Waals surface area (Å²) in [5.41, 5.74) is 5.94. The number of phenols is 1. The number of fused-ring (bicyclic) bond motifs is 5. The summed E-state index contributed by atoms with van der Waals surface area (Å²) in [6.07, 6.45) is 1.33. The number of aromatic carboxylic acids is 2. The zero-order chi connectivity index (χ0) is 51.3. The van der Waals surface area contributed by atoms with Crippen molar-refractivity contribution in [3.8, 4) is 33.5 Å². The van der Waals surface area contributed by atoms with Crippen LogP contribution in [-0.4, -0.2) is 69.2 Å². The Morgan fingerprint density at radius 3 is 1.97 bits per heavy atom. The Morgan fingerprint density at radius 1 is 0.750 bits per heavy atom. The molecule has 13 nitrogen and oxygen atoms in total. The van der Waals surface area contributed by atoms with E-state index in [4.69, 9.17) is 14.7 Å². The predicted molar refractivity (Wildman–Crippen MR) is 286 cm³/mol. The van der Waals surface area contributed by atoms with Crippen LogP contribution in [0.4, 0.5) is 11.4 Å². The van der Waals surface area contributed by atoms with Gasteiger partial charge in [-0.3, -0.25) is 4.79 Å². The smallest absolute Gasteiger partial charge is 0.347 e. The minimum atomic E-state index is -1.17. The van der Waals surface area contributed by atoms with E-state index in [1.165, 1.54) is 35.6 Å². The Morgan fingerprint density at radius 2 is 1.36 bits per heavy atom. The second kappa shape index (κ2) is 21.4. The zero-order valence-corrected chi connectivity index (χ0v) is 41.9. The number of thiazole rings is 2. The van der Waals surface area contributed by atoms with Gasteiger partial charge in [-0.25, -0.2) is 24.4 Å². The minimum Gasteiger partial charge on any atom is -0.507 e. The number of carbonyl (C=O) groups excluding carboxylic acids is 1. The van der Waals surface area contributed by atoms with Crippen molar-refractivity contribution >= 4 is 83.2 Å². The molecule has 9 aromatic rings. The van der Waals surface area contributed by atoms with E-state index in [0.717, 1.165) is 75.0 Å². The third-order valence-corrected chi connectivity index (χ3v) is 14.8. The molecule has 0 fully saturated rings. The molecule has 0 saturated carbocycles. The number of nitriles is 1. The van der Waals surface area contributed by atoms with Crippen molar-refractivity contribution in [2.45, 2.75) is 52.9 Å². The molecule has 15 heteroatoms. The highest BCUT2D eigenvalue weighted by Crippen LogP contribution is 2.48. The maximum atomic E-state index is 13.9. The molecule has 3 N–H and O–H groups in total. The topological polar surface area (TPSA) is 198 Å². The lowest BCUT2D eigenvalue weighted by Gasteiger charge is -2.40. The number of benzene rings is 6. The zero-order valence-electron chi connectivity index (χ0n) is 40.3. The first kappa shape index (κ1) is 50.2. The number of aromatic hydroxyl groups is 1. The van der Waals surface area contributed by atoms with Crippen molar-refractivity contribution in [3.05, 3.63) is 171 Å². The number of carboxylic acid groups (broad SMARTS) is 2. The molecule has 0 aliphatic carbocycles. The number of hydrogen-bond acceptors (Lipinski definition) is 13. The molecule has 1 aliphatic rings. The van der Waals surface area contributed by atoms with E-state index < -0.39 is 23.3 Å². The Kier molecular flexibility index (Phi) is 14.9. The van der Waals surface area contributed by atoms with E-state index in [9.17, 15) is 34.5 Å². The van der Waals surface area contributed by atoms with Gasteiger partial charge in [0.25, 0.3) is 0 Å². The SMILES string of the molecule is CCN(CC)c1ccc(C(=O)c2ccccc2C(=O)O)c(O)c1.CCN1CCC(C)(C)c2c1ccc1c(-c3ccccc3C(=O)O)c(-c3nc4ccccc4s3)c(=O)oc21.N#CCc1nc2ccccc2s1. The second-order valence-electron chi connectivity index (χ2n) is 17.5. The summed E-state index contributed by atoms with van der Waals surface area (Å²) < 4.78 is 8.27. The van der Waals surface area contributed by atoms with Crippen LogP contribution < -0.4 is 15.4 Å². The summed E-state index contributed by atoms with van der Waals surface area (Å²) in [5, 5.41) is 40.0. The van der Waals surface area contributed by atoms with Gasteiger partial charge in [-0.1, -0.05) is 74.5 Å². The van der Waals surface area contributed by atoms with Crippen LogP contribution in [0.5, 0.6) is 5.75 Å². The monoisotopic (exact) mass is 997 g/mol. The van der Waals surface area contributed by atoms with Gasteiger partial charge < -0.3 is 29.5 Å². The molecule has 10 rings (SSSR count). The maximum Gasteiger partial charge on any atom is 0.347 e. The maximum absolute atomic E-state index is 13.9. The van der Waals surface area contributed by atoms with E-state index in [1.807, 2.05) is 73.3 Å². The highest BCUT2D eigenvalue weighted by atomic mass is 32.1.